The number of nitrogens with one attached hydrogen (secondary N) is 2. The van der Waals surface area contributed by atoms with Crippen LogP contribution in [0.4, 0.5) is 4.79 Å². The third kappa shape index (κ3) is 8.70. The van der Waals surface area contributed by atoms with Gasteiger partial charge in [0.25, 0.3) is 0 Å². The highest BCUT2D eigenvalue weighted by Crippen LogP contribution is 2.20. The number of carboxylic acid groups (broad SMARTS) is 1. The molecular formula is C20H35N3O6. The highest BCUT2D eigenvalue weighted by molar-refractivity contribution is 5.87. The van der Waals surface area contributed by atoms with Crippen LogP contribution in [0, 0.1) is 11.8 Å². The largest absolute Gasteiger partial charge is 0.480 e. The maximum atomic E-state index is 13.0. The van der Waals surface area contributed by atoms with E-state index >= 15 is 0 Å². The van der Waals surface area contributed by atoms with Gasteiger partial charge in [-0.05, 0) is 52.9 Å². The molecule has 1 fully saturated rings. The molecular weight excluding hydrogens is 378 g/mol. The summed E-state index contributed by atoms with van der Waals surface area (Å²) in [6.07, 6.45) is 0.748. The SMILES string of the molecule is CC(C)C[C@@H](NC(=O)OC(C)(C)C)C(=O)N1CCC(C(=O)N[C@@H](C)C(=O)O)CC1. The molecule has 9 nitrogen and oxygen atoms in total. The minimum Gasteiger partial charge on any atom is -0.480 e. The van der Waals surface area contributed by atoms with Crippen LogP contribution in [-0.2, 0) is 19.1 Å². The molecule has 3 amide bonds. The molecule has 1 saturated heterocycles. The summed E-state index contributed by atoms with van der Waals surface area (Å²) in [5, 5.41) is 14.1. The molecule has 1 heterocycles. The lowest BCUT2D eigenvalue weighted by molar-refractivity contribution is -0.142. The first-order valence-electron chi connectivity index (χ1n) is 10.1. The van der Waals surface area contributed by atoms with Crippen LogP contribution in [0.15, 0.2) is 0 Å². The van der Waals surface area contributed by atoms with Crippen molar-refractivity contribution in [1.29, 1.82) is 0 Å². The van der Waals surface area contributed by atoms with Crippen molar-refractivity contribution in [3.05, 3.63) is 0 Å². The summed E-state index contributed by atoms with van der Waals surface area (Å²) in [5.74, 6) is -1.72. The zero-order valence-electron chi connectivity index (χ0n) is 18.3. The molecule has 1 aliphatic rings. The Hall–Kier alpha value is -2.32. The Labute approximate surface area is 172 Å². The predicted molar refractivity (Wildman–Crippen MR) is 107 cm³/mol. The molecule has 166 valence electrons. The first kappa shape index (κ1) is 24.7. The van der Waals surface area contributed by atoms with Crippen molar-refractivity contribution >= 4 is 23.9 Å². The number of ether oxygens (including phenoxy) is 1. The molecule has 0 aromatic rings. The predicted octanol–water partition coefficient (Wildman–Crippen LogP) is 1.75. The maximum absolute atomic E-state index is 13.0. The second kappa shape index (κ2) is 10.5. The number of carbonyl (C=O) groups is 4. The zero-order chi connectivity index (χ0) is 22.4. The van der Waals surface area contributed by atoms with E-state index in [2.05, 4.69) is 10.6 Å². The molecule has 0 saturated carbocycles. The monoisotopic (exact) mass is 413 g/mol. The second-order valence-corrected chi connectivity index (χ2v) is 9.00. The topological polar surface area (TPSA) is 125 Å². The van der Waals surface area contributed by atoms with Crippen molar-refractivity contribution in [1.82, 2.24) is 15.5 Å². The number of nitrogens with zero attached hydrogens (tertiary/aromatic N) is 1. The Balaban J connectivity index is 2.66. The zero-order valence-corrected chi connectivity index (χ0v) is 18.3. The number of rotatable bonds is 7. The number of hydrogen-bond donors (Lipinski definition) is 3. The van der Waals surface area contributed by atoms with E-state index in [0.717, 1.165) is 0 Å². The van der Waals surface area contributed by atoms with E-state index in [1.807, 2.05) is 13.8 Å². The Morgan fingerprint density at radius 3 is 2.07 bits per heavy atom. The van der Waals surface area contributed by atoms with Crippen molar-refractivity contribution in [2.45, 2.75) is 78.5 Å². The van der Waals surface area contributed by atoms with Crippen molar-refractivity contribution in [3.8, 4) is 0 Å². The van der Waals surface area contributed by atoms with Gasteiger partial charge in [0.2, 0.25) is 11.8 Å². The van der Waals surface area contributed by atoms with Crippen LogP contribution >= 0.6 is 0 Å². The number of amides is 3. The van der Waals surface area contributed by atoms with Gasteiger partial charge in [-0.2, -0.15) is 0 Å². The number of hydrogen-bond acceptors (Lipinski definition) is 5. The number of likely N-dealkylation sites (tertiary alicyclic amines) is 1. The van der Waals surface area contributed by atoms with E-state index in [1.165, 1.54) is 6.92 Å². The van der Waals surface area contributed by atoms with Crippen LogP contribution in [-0.4, -0.2) is 64.7 Å². The Kier molecular flexibility index (Phi) is 8.91. The van der Waals surface area contributed by atoms with Crippen molar-refractivity contribution < 1.29 is 29.0 Å². The second-order valence-electron chi connectivity index (χ2n) is 9.00. The standard InChI is InChI=1S/C20H35N3O6/c1-12(2)11-15(22-19(28)29-20(4,5)6)17(25)23-9-7-14(8-10-23)16(24)21-13(3)18(26)27/h12-15H,7-11H2,1-6H3,(H,21,24)(H,22,28)(H,26,27)/t13-,15+/m0/s1. The Morgan fingerprint density at radius 2 is 1.62 bits per heavy atom. The van der Waals surface area contributed by atoms with E-state index in [0.29, 0.717) is 32.4 Å². The summed E-state index contributed by atoms with van der Waals surface area (Å²) >= 11 is 0. The van der Waals surface area contributed by atoms with Gasteiger partial charge in [-0.3, -0.25) is 14.4 Å². The molecule has 0 aromatic heterocycles. The molecule has 2 atom stereocenters. The first-order chi connectivity index (χ1) is 13.3. The minimum atomic E-state index is -1.09. The number of alkyl carbamates (subject to hydrolysis) is 1. The third-order valence-corrected chi connectivity index (χ3v) is 4.60. The molecule has 0 spiro atoms. The van der Waals surface area contributed by atoms with E-state index in [9.17, 15) is 19.2 Å². The third-order valence-electron chi connectivity index (χ3n) is 4.60. The smallest absolute Gasteiger partial charge is 0.408 e. The minimum absolute atomic E-state index is 0.192. The van der Waals surface area contributed by atoms with E-state index < -0.39 is 29.7 Å². The molecule has 3 N–H and O–H groups in total. The van der Waals surface area contributed by atoms with Gasteiger partial charge < -0.3 is 25.4 Å². The van der Waals surface area contributed by atoms with Gasteiger partial charge in [0.05, 0.1) is 0 Å². The molecule has 29 heavy (non-hydrogen) atoms. The van der Waals surface area contributed by atoms with Gasteiger partial charge in [0.1, 0.15) is 17.7 Å². The van der Waals surface area contributed by atoms with Gasteiger partial charge in [-0.25, -0.2) is 4.79 Å². The van der Waals surface area contributed by atoms with Gasteiger partial charge in [-0.15, -0.1) is 0 Å². The average molecular weight is 414 g/mol. The number of aliphatic carboxylic acids is 1. The lowest BCUT2D eigenvalue weighted by Gasteiger charge is -2.34. The van der Waals surface area contributed by atoms with Gasteiger partial charge in [0.15, 0.2) is 0 Å². The van der Waals surface area contributed by atoms with Crippen LogP contribution in [0.2, 0.25) is 0 Å². The van der Waals surface area contributed by atoms with Crippen LogP contribution in [0.1, 0.15) is 60.8 Å². The molecule has 9 heteroatoms. The quantitative estimate of drug-likeness (QED) is 0.584. The normalized spacial score (nSPS) is 17.4. The van der Waals surface area contributed by atoms with Crippen LogP contribution in [0.3, 0.4) is 0 Å². The molecule has 0 bridgehead atoms. The lowest BCUT2D eigenvalue weighted by atomic mass is 9.94. The lowest BCUT2D eigenvalue weighted by Crippen LogP contribution is -2.53. The fourth-order valence-electron chi connectivity index (χ4n) is 3.12. The summed E-state index contributed by atoms with van der Waals surface area (Å²) in [4.78, 5) is 49.8. The fourth-order valence-corrected chi connectivity index (χ4v) is 3.12. The van der Waals surface area contributed by atoms with Crippen molar-refractivity contribution in [2.24, 2.45) is 11.8 Å². The number of carbonyl (C=O) groups excluding carboxylic acids is 3. The number of carboxylic acids is 1. The molecule has 1 rings (SSSR count). The molecule has 0 radical (unpaired) electrons. The fraction of sp³-hybridized carbons (Fsp3) is 0.800. The van der Waals surface area contributed by atoms with Crippen molar-refractivity contribution in [2.75, 3.05) is 13.1 Å². The highest BCUT2D eigenvalue weighted by atomic mass is 16.6. The summed E-state index contributed by atoms with van der Waals surface area (Å²) in [7, 11) is 0. The highest BCUT2D eigenvalue weighted by Gasteiger charge is 2.33. The summed E-state index contributed by atoms with van der Waals surface area (Å²) in [6, 6.07) is -1.64. The van der Waals surface area contributed by atoms with E-state index in [1.54, 1.807) is 25.7 Å². The molecule has 0 aliphatic carbocycles. The molecule has 0 aromatic carbocycles. The van der Waals surface area contributed by atoms with E-state index in [-0.39, 0.29) is 23.7 Å². The summed E-state index contributed by atoms with van der Waals surface area (Å²) in [5.41, 5.74) is -0.658. The number of piperidine rings is 1. The van der Waals surface area contributed by atoms with E-state index in [4.69, 9.17) is 9.84 Å². The first-order valence-corrected chi connectivity index (χ1v) is 10.1. The van der Waals surface area contributed by atoms with Crippen LogP contribution in [0.25, 0.3) is 0 Å². The molecule has 1 aliphatic heterocycles. The Morgan fingerprint density at radius 1 is 1.07 bits per heavy atom. The van der Waals surface area contributed by atoms with Crippen molar-refractivity contribution in [3.63, 3.8) is 0 Å². The Bertz CT molecular complexity index is 606. The molecule has 0 unspecified atom stereocenters. The van der Waals surface area contributed by atoms with Gasteiger partial charge >= 0.3 is 12.1 Å². The summed E-state index contributed by atoms with van der Waals surface area (Å²) in [6.45, 7) is 11.4. The van der Waals surface area contributed by atoms with Crippen LogP contribution in [0.5, 0.6) is 0 Å². The van der Waals surface area contributed by atoms with Gasteiger partial charge in [0, 0.05) is 19.0 Å². The maximum Gasteiger partial charge on any atom is 0.408 e. The average Bonchev–Trinajstić information content (AvgIpc) is 2.58. The van der Waals surface area contributed by atoms with Gasteiger partial charge in [-0.1, -0.05) is 13.8 Å². The summed E-state index contributed by atoms with van der Waals surface area (Å²) < 4.78 is 5.27. The van der Waals surface area contributed by atoms with Crippen LogP contribution < -0.4 is 10.6 Å².